The number of halogens is 1. The first-order valence-corrected chi connectivity index (χ1v) is 7.66. The van der Waals surface area contributed by atoms with Crippen LogP contribution < -0.4 is 5.43 Å². The van der Waals surface area contributed by atoms with Crippen molar-refractivity contribution in [3.8, 4) is 0 Å². The van der Waals surface area contributed by atoms with Gasteiger partial charge in [0.1, 0.15) is 0 Å². The van der Waals surface area contributed by atoms with E-state index in [2.05, 4.69) is 10.5 Å². The smallest absolute Gasteiger partial charge is 0.273 e. The number of nitro groups is 2. The number of nitro benzene ring substituents is 2. The van der Waals surface area contributed by atoms with E-state index in [1.54, 1.807) is 31.2 Å². The quantitative estimate of drug-likeness (QED) is 0.470. The number of benzene rings is 2. The van der Waals surface area contributed by atoms with Crippen molar-refractivity contribution in [2.75, 3.05) is 0 Å². The zero-order valence-electron chi connectivity index (χ0n) is 13.5. The normalized spacial score (nSPS) is 11.1. The van der Waals surface area contributed by atoms with Gasteiger partial charge >= 0.3 is 0 Å². The van der Waals surface area contributed by atoms with Crippen LogP contribution in [0.3, 0.4) is 0 Å². The molecule has 0 saturated heterocycles. The summed E-state index contributed by atoms with van der Waals surface area (Å²) in [4.78, 5) is 32.3. The highest BCUT2D eigenvalue weighted by atomic mass is 35.5. The van der Waals surface area contributed by atoms with E-state index in [1.807, 2.05) is 0 Å². The molecule has 0 bridgehead atoms. The molecule has 1 amide bonds. The van der Waals surface area contributed by atoms with Crippen molar-refractivity contribution in [3.63, 3.8) is 0 Å². The Balaban J connectivity index is 2.12. The molecule has 0 saturated carbocycles. The molecule has 0 aromatic heterocycles. The van der Waals surface area contributed by atoms with Crippen molar-refractivity contribution < 1.29 is 14.6 Å². The Kier molecular flexibility index (Phi) is 5.97. The molecule has 0 atom stereocenters. The highest BCUT2D eigenvalue weighted by Crippen LogP contribution is 2.25. The maximum absolute atomic E-state index is 12.0. The fourth-order valence-electron chi connectivity index (χ4n) is 2.10. The lowest BCUT2D eigenvalue weighted by Crippen LogP contribution is -2.21. The molecule has 10 heteroatoms. The van der Waals surface area contributed by atoms with Crippen LogP contribution in [-0.2, 0) is 11.2 Å². The van der Waals surface area contributed by atoms with Crippen LogP contribution in [0, 0.1) is 20.2 Å². The summed E-state index contributed by atoms with van der Waals surface area (Å²) in [5, 5.41) is 26.3. The highest BCUT2D eigenvalue weighted by Gasteiger charge is 2.21. The fourth-order valence-corrected chi connectivity index (χ4v) is 2.23. The molecule has 0 aliphatic rings. The van der Waals surface area contributed by atoms with Crippen LogP contribution in [0.25, 0.3) is 0 Å². The van der Waals surface area contributed by atoms with E-state index in [0.29, 0.717) is 10.7 Å². The van der Waals surface area contributed by atoms with Gasteiger partial charge in [0.25, 0.3) is 11.4 Å². The number of hydrogen-bond acceptors (Lipinski definition) is 6. The largest absolute Gasteiger partial charge is 0.279 e. The molecule has 0 fully saturated rings. The van der Waals surface area contributed by atoms with E-state index in [0.717, 1.165) is 17.7 Å². The van der Waals surface area contributed by atoms with E-state index in [4.69, 9.17) is 11.6 Å². The van der Waals surface area contributed by atoms with Crippen molar-refractivity contribution in [1.29, 1.82) is 0 Å². The number of amides is 1. The van der Waals surface area contributed by atoms with Crippen LogP contribution in [-0.4, -0.2) is 21.5 Å². The predicted molar refractivity (Wildman–Crippen MR) is 95.3 cm³/mol. The second kappa shape index (κ2) is 8.17. The van der Waals surface area contributed by atoms with Gasteiger partial charge < -0.3 is 0 Å². The molecule has 0 aliphatic heterocycles. The van der Waals surface area contributed by atoms with Crippen molar-refractivity contribution >= 4 is 34.6 Å². The van der Waals surface area contributed by atoms with Gasteiger partial charge in [-0.2, -0.15) is 5.10 Å². The second-order valence-electron chi connectivity index (χ2n) is 5.24. The van der Waals surface area contributed by atoms with Gasteiger partial charge in [0, 0.05) is 16.7 Å². The molecular formula is C16H13ClN4O5. The molecular weight excluding hydrogens is 364 g/mol. The number of rotatable bonds is 6. The van der Waals surface area contributed by atoms with Gasteiger partial charge in [-0.05, 0) is 30.7 Å². The molecule has 2 aromatic rings. The Hall–Kier alpha value is -3.33. The monoisotopic (exact) mass is 376 g/mol. The maximum atomic E-state index is 12.0. The second-order valence-corrected chi connectivity index (χ2v) is 5.68. The van der Waals surface area contributed by atoms with Crippen LogP contribution in [0.2, 0.25) is 5.02 Å². The number of carbonyl (C=O) groups excluding carboxylic acids is 1. The third kappa shape index (κ3) is 4.84. The Labute approximate surface area is 152 Å². The van der Waals surface area contributed by atoms with Gasteiger partial charge in [0.2, 0.25) is 5.91 Å². The van der Waals surface area contributed by atoms with Crippen molar-refractivity contribution in [3.05, 3.63) is 78.8 Å². The van der Waals surface area contributed by atoms with Gasteiger partial charge in [-0.1, -0.05) is 23.7 Å². The number of hydrazone groups is 1. The van der Waals surface area contributed by atoms with E-state index >= 15 is 0 Å². The van der Waals surface area contributed by atoms with Crippen LogP contribution in [0.5, 0.6) is 0 Å². The Bertz CT molecular complexity index is 896. The minimum Gasteiger partial charge on any atom is -0.273 e. The summed E-state index contributed by atoms with van der Waals surface area (Å²) in [6.07, 6.45) is -0.342. The minimum atomic E-state index is -0.766. The fraction of sp³-hybridized carbons (Fsp3) is 0.125. The van der Waals surface area contributed by atoms with E-state index in [-0.39, 0.29) is 12.0 Å². The Morgan fingerprint density at radius 2 is 1.77 bits per heavy atom. The molecule has 9 nitrogen and oxygen atoms in total. The van der Waals surface area contributed by atoms with Crippen LogP contribution in [0.1, 0.15) is 18.1 Å². The Morgan fingerprint density at radius 3 is 2.35 bits per heavy atom. The SMILES string of the molecule is C/C(=N\NC(=O)Cc1ccc([N+](=O)[O-])cc1[N+](=O)[O-])c1ccc(Cl)cc1. The molecule has 0 heterocycles. The molecule has 0 unspecified atom stereocenters. The molecule has 2 aromatic carbocycles. The number of carbonyl (C=O) groups is 1. The summed E-state index contributed by atoms with van der Waals surface area (Å²) < 4.78 is 0. The summed E-state index contributed by atoms with van der Waals surface area (Å²) in [7, 11) is 0. The molecule has 0 aliphatic carbocycles. The molecule has 1 N–H and O–H groups in total. The first kappa shape index (κ1) is 19.0. The summed E-state index contributed by atoms with van der Waals surface area (Å²) >= 11 is 5.80. The van der Waals surface area contributed by atoms with Gasteiger partial charge in [-0.25, -0.2) is 5.43 Å². The lowest BCUT2D eigenvalue weighted by atomic mass is 10.1. The van der Waals surface area contributed by atoms with Crippen molar-refractivity contribution in [1.82, 2.24) is 5.43 Å². The molecule has 0 radical (unpaired) electrons. The van der Waals surface area contributed by atoms with E-state index < -0.39 is 27.1 Å². The van der Waals surface area contributed by atoms with Crippen LogP contribution in [0.15, 0.2) is 47.6 Å². The lowest BCUT2D eigenvalue weighted by Gasteiger charge is -2.04. The van der Waals surface area contributed by atoms with E-state index in [1.165, 1.54) is 6.07 Å². The molecule has 26 heavy (non-hydrogen) atoms. The third-order valence-electron chi connectivity index (χ3n) is 3.44. The minimum absolute atomic E-state index is 0.0532. The van der Waals surface area contributed by atoms with Gasteiger partial charge in [-0.3, -0.25) is 25.0 Å². The molecule has 0 spiro atoms. The number of nitrogens with zero attached hydrogens (tertiary/aromatic N) is 3. The topological polar surface area (TPSA) is 128 Å². The predicted octanol–water partition coefficient (Wildman–Crippen LogP) is 3.24. The third-order valence-corrected chi connectivity index (χ3v) is 3.69. The summed E-state index contributed by atoms with van der Waals surface area (Å²) in [6, 6.07) is 9.94. The summed E-state index contributed by atoms with van der Waals surface area (Å²) in [5.74, 6) is -0.588. The molecule has 134 valence electrons. The Morgan fingerprint density at radius 1 is 1.12 bits per heavy atom. The number of nitrogens with one attached hydrogen (secondary N) is 1. The lowest BCUT2D eigenvalue weighted by molar-refractivity contribution is -0.394. The van der Waals surface area contributed by atoms with Crippen LogP contribution >= 0.6 is 11.6 Å². The standard InChI is InChI=1S/C16H13ClN4O5/c1-10(11-2-5-13(17)6-3-11)18-19-16(22)8-12-4-7-14(20(23)24)9-15(12)21(25)26/h2-7,9H,8H2,1H3,(H,19,22)/b18-10+. The summed E-state index contributed by atoms with van der Waals surface area (Å²) in [6.45, 7) is 1.68. The zero-order valence-corrected chi connectivity index (χ0v) is 14.3. The van der Waals surface area contributed by atoms with E-state index in [9.17, 15) is 25.0 Å². The average Bonchev–Trinajstić information content (AvgIpc) is 2.60. The summed E-state index contributed by atoms with van der Waals surface area (Å²) in [5.41, 5.74) is 2.72. The average molecular weight is 377 g/mol. The van der Waals surface area contributed by atoms with Gasteiger partial charge in [0.15, 0.2) is 0 Å². The number of hydrogen-bond donors (Lipinski definition) is 1. The van der Waals surface area contributed by atoms with Crippen molar-refractivity contribution in [2.45, 2.75) is 13.3 Å². The van der Waals surface area contributed by atoms with Crippen LogP contribution in [0.4, 0.5) is 11.4 Å². The van der Waals surface area contributed by atoms with Crippen molar-refractivity contribution in [2.24, 2.45) is 5.10 Å². The van der Waals surface area contributed by atoms with Gasteiger partial charge in [-0.15, -0.1) is 0 Å². The maximum Gasteiger partial charge on any atom is 0.279 e. The first-order chi connectivity index (χ1) is 12.3. The zero-order chi connectivity index (χ0) is 19.3. The molecule has 2 rings (SSSR count). The van der Waals surface area contributed by atoms with Gasteiger partial charge in [0.05, 0.1) is 28.0 Å². The first-order valence-electron chi connectivity index (χ1n) is 7.28. The highest BCUT2D eigenvalue weighted by molar-refractivity contribution is 6.30. The number of non-ortho nitro benzene ring substituents is 1.